The standard InChI is InChI=1S/C21H26O4Si/c1-23-19-12-10-18(16-20(19)25-26(2,3)4)11-13-21(22)24-15-14-17-8-6-5-7-9-17/h5-13,16H,14-15H2,1-4H3/b13-11-. The summed E-state index contributed by atoms with van der Waals surface area (Å²) in [5.41, 5.74) is 2.01. The minimum atomic E-state index is -1.76. The van der Waals surface area contributed by atoms with E-state index in [1.165, 1.54) is 6.08 Å². The maximum atomic E-state index is 11.9. The van der Waals surface area contributed by atoms with E-state index in [-0.39, 0.29) is 5.97 Å². The Morgan fingerprint density at radius 2 is 1.77 bits per heavy atom. The molecule has 0 amide bonds. The first-order valence-corrected chi connectivity index (χ1v) is 12.0. The lowest BCUT2D eigenvalue weighted by Crippen LogP contribution is -2.29. The van der Waals surface area contributed by atoms with Gasteiger partial charge in [0.05, 0.1) is 13.7 Å². The van der Waals surface area contributed by atoms with E-state index in [9.17, 15) is 4.79 Å². The van der Waals surface area contributed by atoms with Crippen molar-refractivity contribution in [2.75, 3.05) is 13.7 Å². The van der Waals surface area contributed by atoms with Gasteiger partial charge in [0.2, 0.25) is 8.32 Å². The number of rotatable bonds is 8. The summed E-state index contributed by atoms with van der Waals surface area (Å²) in [7, 11) is -0.142. The normalized spacial score (nSPS) is 11.4. The average molecular weight is 371 g/mol. The van der Waals surface area contributed by atoms with Crippen molar-refractivity contribution in [1.82, 2.24) is 0 Å². The SMILES string of the molecule is COc1ccc(/C=C\C(=O)OCCc2ccccc2)cc1O[Si](C)(C)C. The Kier molecular flexibility index (Phi) is 7.03. The van der Waals surface area contributed by atoms with Crippen LogP contribution in [0.25, 0.3) is 6.08 Å². The molecule has 0 aliphatic rings. The molecule has 2 aromatic rings. The highest BCUT2D eigenvalue weighted by atomic mass is 28.4. The predicted octanol–water partition coefficient (Wildman–Crippen LogP) is 4.71. The molecule has 0 N–H and O–H groups in total. The molecule has 0 unspecified atom stereocenters. The van der Waals surface area contributed by atoms with Crippen molar-refractivity contribution >= 4 is 20.4 Å². The number of hydrogen-bond acceptors (Lipinski definition) is 4. The molecule has 0 saturated carbocycles. The third kappa shape index (κ3) is 6.76. The van der Waals surface area contributed by atoms with Crippen LogP contribution in [0, 0.1) is 0 Å². The monoisotopic (exact) mass is 370 g/mol. The van der Waals surface area contributed by atoms with Crippen LogP contribution in [0.5, 0.6) is 11.5 Å². The quantitative estimate of drug-likeness (QED) is 0.383. The first-order valence-electron chi connectivity index (χ1n) is 8.63. The van der Waals surface area contributed by atoms with Gasteiger partial charge in [0, 0.05) is 12.5 Å². The summed E-state index contributed by atoms with van der Waals surface area (Å²) < 4.78 is 16.6. The molecule has 0 fully saturated rings. The van der Waals surface area contributed by atoms with Gasteiger partial charge >= 0.3 is 5.97 Å². The Hall–Kier alpha value is -2.53. The molecule has 4 nitrogen and oxygen atoms in total. The zero-order valence-corrected chi connectivity index (χ0v) is 16.8. The molecule has 26 heavy (non-hydrogen) atoms. The maximum Gasteiger partial charge on any atom is 0.330 e. The average Bonchev–Trinajstić information content (AvgIpc) is 2.60. The number of esters is 1. The second kappa shape index (κ2) is 9.24. The lowest BCUT2D eigenvalue weighted by atomic mass is 10.2. The highest BCUT2D eigenvalue weighted by Crippen LogP contribution is 2.30. The minimum absolute atomic E-state index is 0.357. The summed E-state index contributed by atoms with van der Waals surface area (Å²) in [5, 5.41) is 0. The molecule has 2 rings (SSSR count). The molecule has 2 aromatic carbocycles. The molecular weight excluding hydrogens is 344 g/mol. The van der Waals surface area contributed by atoms with Crippen molar-refractivity contribution < 1.29 is 18.7 Å². The second-order valence-electron chi connectivity index (χ2n) is 6.86. The summed E-state index contributed by atoms with van der Waals surface area (Å²) >= 11 is 0. The molecule has 0 bridgehead atoms. The van der Waals surface area contributed by atoms with Gasteiger partial charge in [-0.05, 0) is 49.0 Å². The van der Waals surface area contributed by atoms with Crippen molar-refractivity contribution in [2.24, 2.45) is 0 Å². The highest BCUT2D eigenvalue weighted by molar-refractivity contribution is 6.70. The summed E-state index contributed by atoms with van der Waals surface area (Å²) in [6.45, 7) is 6.69. The van der Waals surface area contributed by atoms with Gasteiger partial charge in [0.1, 0.15) is 5.75 Å². The Labute approximate surface area is 156 Å². The lowest BCUT2D eigenvalue weighted by molar-refractivity contribution is -0.137. The van der Waals surface area contributed by atoms with Crippen LogP contribution in [0.4, 0.5) is 0 Å². The number of ether oxygens (including phenoxy) is 2. The van der Waals surface area contributed by atoms with E-state index >= 15 is 0 Å². The van der Waals surface area contributed by atoms with E-state index in [2.05, 4.69) is 19.6 Å². The molecule has 0 atom stereocenters. The summed E-state index contributed by atoms with van der Waals surface area (Å²) in [6, 6.07) is 15.5. The molecule has 0 aromatic heterocycles. The fourth-order valence-corrected chi connectivity index (χ4v) is 3.15. The third-order valence-corrected chi connectivity index (χ3v) is 4.33. The molecule has 5 heteroatoms. The van der Waals surface area contributed by atoms with Gasteiger partial charge in [-0.25, -0.2) is 4.79 Å². The van der Waals surface area contributed by atoms with Crippen LogP contribution in [-0.4, -0.2) is 28.0 Å². The van der Waals surface area contributed by atoms with Gasteiger partial charge in [-0.2, -0.15) is 0 Å². The van der Waals surface area contributed by atoms with Gasteiger partial charge in [-0.1, -0.05) is 36.4 Å². The van der Waals surface area contributed by atoms with Crippen LogP contribution >= 0.6 is 0 Å². The van der Waals surface area contributed by atoms with Crippen molar-refractivity contribution in [1.29, 1.82) is 0 Å². The van der Waals surface area contributed by atoms with Gasteiger partial charge in [0.15, 0.2) is 5.75 Å². The van der Waals surface area contributed by atoms with Gasteiger partial charge in [-0.15, -0.1) is 0 Å². The highest BCUT2D eigenvalue weighted by Gasteiger charge is 2.18. The van der Waals surface area contributed by atoms with E-state index in [1.54, 1.807) is 13.2 Å². The molecule has 0 saturated heterocycles. The van der Waals surface area contributed by atoms with Gasteiger partial charge in [0.25, 0.3) is 0 Å². The third-order valence-electron chi connectivity index (χ3n) is 3.49. The second-order valence-corrected chi connectivity index (χ2v) is 11.3. The largest absolute Gasteiger partial charge is 0.542 e. The van der Waals surface area contributed by atoms with E-state index in [0.29, 0.717) is 24.5 Å². The summed E-state index contributed by atoms with van der Waals surface area (Å²) in [4.78, 5) is 11.9. The topological polar surface area (TPSA) is 44.8 Å². The van der Waals surface area contributed by atoms with E-state index in [1.807, 2.05) is 48.5 Å². The molecule has 0 spiro atoms. The number of carbonyl (C=O) groups is 1. The van der Waals surface area contributed by atoms with Crippen LogP contribution in [0.1, 0.15) is 11.1 Å². The molecular formula is C21H26O4Si. The van der Waals surface area contributed by atoms with Crippen molar-refractivity contribution in [3.63, 3.8) is 0 Å². The number of methoxy groups -OCH3 is 1. The molecule has 0 aliphatic carbocycles. The van der Waals surface area contributed by atoms with Crippen molar-refractivity contribution in [2.45, 2.75) is 26.1 Å². The zero-order valence-electron chi connectivity index (χ0n) is 15.8. The van der Waals surface area contributed by atoms with E-state index < -0.39 is 8.32 Å². The molecule has 0 heterocycles. The fraction of sp³-hybridized carbons (Fsp3) is 0.286. The molecule has 138 valence electrons. The Bertz CT molecular complexity index is 748. The summed E-state index contributed by atoms with van der Waals surface area (Å²) in [5.74, 6) is 1.03. The van der Waals surface area contributed by atoms with Crippen molar-refractivity contribution in [3.05, 3.63) is 65.7 Å². The minimum Gasteiger partial charge on any atom is -0.542 e. The Morgan fingerprint density at radius 3 is 2.42 bits per heavy atom. The molecule has 0 radical (unpaired) electrons. The number of carbonyl (C=O) groups excluding carboxylic acids is 1. The van der Waals surface area contributed by atoms with E-state index in [0.717, 1.165) is 11.1 Å². The first-order chi connectivity index (χ1) is 12.4. The van der Waals surface area contributed by atoms with E-state index in [4.69, 9.17) is 13.9 Å². The van der Waals surface area contributed by atoms with Gasteiger partial charge < -0.3 is 13.9 Å². The Morgan fingerprint density at radius 1 is 1.04 bits per heavy atom. The Balaban J connectivity index is 1.94. The van der Waals surface area contributed by atoms with Crippen LogP contribution < -0.4 is 9.16 Å². The van der Waals surface area contributed by atoms with Crippen LogP contribution in [0.2, 0.25) is 19.6 Å². The van der Waals surface area contributed by atoms with Crippen molar-refractivity contribution in [3.8, 4) is 11.5 Å². The smallest absolute Gasteiger partial charge is 0.330 e. The number of benzene rings is 2. The van der Waals surface area contributed by atoms with Crippen LogP contribution in [0.3, 0.4) is 0 Å². The van der Waals surface area contributed by atoms with Crippen LogP contribution in [0.15, 0.2) is 54.6 Å². The predicted molar refractivity (Wildman–Crippen MR) is 107 cm³/mol. The first kappa shape index (κ1) is 19.8. The number of hydrogen-bond donors (Lipinski definition) is 0. The zero-order chi connectivity index (χ0) is 19.0. The fourth-order valence-electron chi connectivity index (χ4n) is 2.33. The van der Waals surface area contributed by atoms with Gasteiger partial charge in [-0.3, -0.25) is 0 Å². The summed E-state index contributed by atoms with van der Waals surface area (Å²) in [6.07, 6.45) is 3.86. The van der Waals surface area contributed by atoms with Crippen LogP contribution in [-0.2, 0) is 16.0 Å². The maximum absolute atomic E-state index is 11.9. The molecule has 0 aliphatic heterocycles. The lowest BCUT2D eigenvalue weighted by Gasteiger charge is -2.21.